The van der Waals surface area contributed by atoms with Crippen molar-refractivity contribution in [1.82, 2.24) is 24.9 Å². The molecule has 0 spiro atoms. The lowest BCUT2D eigenvalue weighted by Gasteiger charge is -2.19. The van der Waals surface area contributed by atoms with Gasteiger partial charge in [-0.15, -0.1) is 10.2 Å². The average molecular weight is 370 g/mol. The van der Waals surface area contributed by atoms with Crippen LogP contribution in [0.25, 0.3) is 5.69 Å². The Balaban J connectivity index is 1.70. The standard InChI is InChI=1S/C18H22N6OS/c1-12-6-8-15(9-7-12)24-17(23-10-4-5-11-23)20-21-18(24)26-13(2)16-19-14(3)22-25-16/h6-9,13H,4-5,10-11H2,1-3H3. The largest absolute Gasteiger partial charge is 0.341 e. The molecule has 4 rings (SSSR count). The molecule has 1 atom stereocenters. The van der Waals surface area contributed by atoms with Crippen LogP contribution in [0.4, 0.5) is 5.95 Å². The van der Waals surface area contributed by atoms with Gasteiger partial charge < -0.3 is 9.42 Å². The number of hydrogen-bond acceptors (Lipinski definition) is 7. The van der Waals surface area contributed by atoms with E-state index in [0.29, 0.717) is 11.7 Å². The summed E-state index contributed by atoms with van der Waals surface area (Å²) < 4.78 is 7.45. The van der Waals surface area contributed by atoms with Crippen LogP contribution < -0.4 is 4.90 Å². The molecule has 2 aromatic heterocycles. The number of hydrogen-bond donors (Lipinski definition) is 0. The highest BCUT2D eigenvalue weighted by Gasteiger charge is 2.25. The first-order chi connectivity index (χ1) is 12.6. The Morgan fingerprint density at radius 2 is 1.81 bits per heavy atom. The van der Waals surface area contributed by atoms with Crippen LogP contribution >= 0.6 is 11.8 Å². The van der Waals surface area contributed by atoms with Gasteiger partial charge in [-0.05, 0) is 45.7 Å². The zero-order valence-electron chi connectivity index (χ0n) is 15.2. The van der Waals surface area contributed by atoms with Gasteiger partial charge in [-0.3, -0.25) is 4.57 Å². The van der Waals surface area contributed by atoms with Crippen LogP contribution in [-0.4, -0.2) is 38.0 Å². The van der Waals surface area contributed by atoms with Crippen LogP contribution in [0.2, 0.25) is 0 Å². The molecule has 0 N–H and O–H groups in total. The molecule has 26 heavy (non-hydrogen) atoms. The number of benzene rings is 1. The molecule has 1 aromatic carbocycles. The van der Waals surface area contributed by atoms with Crippen LogP contribution in [-0.2, 0) is 0 Å². The highest BCUT2D eigenvalue weighted by molar-refractivity contribution is 7.99. The number of aryl methyl sites for hydroxylation is 2. The molecule has 1 unspecified atom stereocenters. The van der Waals surface area contributed by atoms with Crippen LogP contribution in [0.15, 0.2) is 33.9 Å². The minimum atomic E-state index is -0.00368. The maximum Gasteiger partial charge on any atom is 0.239 e. The van der Waals surface area contributed by atoms with Gasteiger partial charge in [0, 0.05) is 13.1 Å². The quantitative estimate of drug-likeness (QED) is 0.634. The van der Waals surface area contributed by atoms with E-state index in [9.17, 15) is 0 Å². The summed E-state index contributed by atoms with van der Waals surface area (Å²) in [6, 6.07) is 8.46. The summed E-state index contributed by atoms with van der Waals surface area (Å²) >= 11 is 1.58. The fourth-order valence-corrected chi connectivity index (χ4v) is 3.96. The van der Waals surface area contributed by atoms with E-state index in [2.05, 4.69) is 61.0 Å². The smallest absolute Gasteiger partial charge is 0.239 e. The Kier molecular flexibility index (Phi) is 4.67. The van der Waals surface area contributed by atoms with Crippen molar-refractivity contribution in [3.05, 3.63) is 41.5 Å². The molecule has 0 amide bonds. The number of thioether (sulfide) groups is 1. The molecule has 0 aliphatic carbocycles. The van der Waals surface area contributed by atoms with Gasteiger partial charge in [-0.25, -0.2) is 0 Å². The molecule has 8 heteroatoms. The van der Waals surface area contributed by atoms with Gasteiger partial charge >= 0.3 is 0 Å². The predicted octanol–water partition coefficient (Wildman–Crippen LogP) is 3.72. The van der Waals surface area contributed by atoms with E-state index >= 15 is 0 Å². The molecule has 0 radical (unpaired) electrons. The Morgan fingerprint density at radius 3 is 2.46 bits per heavy atom. The summed E-state index contributed by atoms with van der Waals surface area (Å²) in [6.45, 7) is 8.00. The van der Waals surface area contributed by atoms with E-state index in [1.54, 1.807) is 11.8 Å². The Morgan fingerprint density at radius 1 is 1.08 bits per heavy atom. The second-order valence-corrected chi connectivity index (χ2v) is 7.90. The van der Waals surface area contributed by atoms with E-state index in [4.69, 9.17) is 4.52 Å². The molecule has 1 aliphatic rings. The Bertz CT molecular complexity index is 881. The zero-order valence-corrected chi connectivity index (χ0v) is 16.0. The fraction of sp³-hybridized carbons (Fsp3) is 0.444. The summed E-state index contributed by atoms with van der Waals surface area (Å²) in [5.41, 5.74) is 2.30. The molecular weight excluding hydrogens is 348 g/mol. The molecule has 0 saturated carbocycles. The molecule has 1 fully saturated rings. The summed E-state index contributed by atoms with van der Waals surface area (Å²) in [5, 5.41) is 13.7. The third-order valence-corrected chi connectivity index (χ3v) is 5.50. The normalized spacial score (nSPS) is 15.6. The summed E-state index contributed by atoms with van der Waals surface area (Å²) in [6.07, 6.45) is 2.39. The monoisotopic (exact) mass is 370 g/mol. The van der Waals surface area contributed by atoms with Gasteiger partial charge in [-0.2, -0.15) is 4.98 Å². The van der Waals surface area contributed by atoms with Crippen molar-refractivity contribution < 1.29 is 4.52 Å². The number of aromatic nitrogens is 5. The van der Waals surface area contributed by atoms with Crippen molar-refractivity contribution in [2.75, 3.05) is 18.0 Å². The van der Waals surface area contributed by atoms with Gasteiger partial charge in [0.15, 0.2) is 11.0 Å². The minimum Gasteiger partial charge on any atom is -0.341 e. The first kappa shape index (κ1) is 17.1. The highest BCUT2D eigenvalue weighted by atomic mass is 32.2. The lowest BCUT2D eigenvalue weighted by molar-refractivity contribution is 0.376. The molecule has 3 heterocycles. The third-order valence-electron chi connectivity index (χ3n) is 4.47. The predicted molar refractivity (Wildman–Crippen MR) is 101 cm³/mol. The number of nitrogens with zero attached hydrogens (tertiary/aromatic N) is 6. The molecule has 1 saturated heterocycles. The van der Waals surface area contributed by atoms with Crippen LogP contribution in [0.3, 0.4) is 0 Å². The minimum absolute atomic E-state index is 0.00368. The lowest BCUT2D eigenvalue weighted by atomic mass is 10.2. The van der Waals surface area contributed by atoms with Crippen molar-refractivity contribution in [1.29, 1.82) is 0 Å². The van der Waals surface area contributed by atoms with E-state index in [1.807, 2.05) is 13.8 Å². The van der Waals surface area contributed by atoms with Crippen molar-refractivity contribution in [3.63, 3.8) is 0 Å². The Labute approximate surface area is 156 Å². The van der Waals surface area contributed by atoms with Crippen molar-refractivity contribution in [2.45, 2.75) is 44.0 Å². The van der Waals surface area contributed by atoms with Gasteiger partial charge in [0.2, 0.25) is 11.8 Å². The fourth-order valence-electron chi connectivity index (χ4n) is 3.07. The van der Waals surface area contributed by atoms with Crippen LogP contribution in [0, 0.1) is 13.8 Å². The molecular formula is C18H22N6OS. The molecule has 1 aliphatic heterocycles. The van der Waals surface area contributed by atoms with E-state index in [-0.39, 0.29) is 5.25 Å². The Hall–Kier alpha value is -2.35. The maximum absolute atomic E-state index is 5.32. The van der Waals surface area contributed by atoms with Crippen molar-refractivity contribution in [2.24, 2.45) is 0 Å². The lowest BCUT2D eigenvalue weighted by Crippen LogP contribution is -2.22. The van der Waals surface area contributed by atoms with Gasteiger partial charge in [0.05, 0.1) is 10.9 Å². The molecule has 136 valence electrons. The highest BCUT2D eigenvalue weighted by Crippen LogP contribution is 2.36. The van der Waals surface area contributed by atoms with Crippen LogP contribution in [0.5, 0.6) is 0 Å². The zero-order chi connectivity index (χ0) is 18.1. The van der Waals surface area contributed by atoms with Gasteiger partial charge in [0.1, 0.15) is 0 Å². The average Bonchev–Trinajstić information content (AvgIpc) is 3.36. The van der Waals surface area contributed by atoms with Crippen molar-refractivity contribution >= 4 is 17.7 Å². The number of rotatable bonds is 5. The van der Waals surface area contributed by atoms with Gasteiger partial charge in [-0.1, -0.05) is 34.6 Å². The molecule has 0 bridgehead atoms. The topological polar surface area (TPSA) is 72.9 Å². The summed E-state index contributed by atoms with van der Waals surface area (Å²) in [4.78, 5) is 6.64. The first-order valence-electron chi connectivity index (χ1n) is 8.86. The summed E-state index contributed by atoms with van der Waals surface area (Å²) in [5.74, 6) is 2.15. The summed E-state index contributed by atoms with van der Waals surface area (Å²) in [7, 11) is 0. The molecule has 7 nitrogen and oxygen atoms in total. The molecule has 3 aromatic rings. The number of anilines is 1. The van der Waals surface area contributed by atoms with Crippen molar-refractivity contribution in [3.8, 4) is 5.69 Å². The second kappa shape index (κ2) is 7.11. The maximum atomic E-state index is 5.32. The van der Waals surface area contributed by atoms with E-state index in [0.717, 1.165) is 29.9 Å². The van der Waals surface area contributed by atoms with Crippen LogP contribution in [0.1, 0.15) is 42.3 Å². The van der Waals surface area contributed by atoms with E-state index in [1.165, 1.54) is 18.4 Å². The first-order valence-corrected chi connectivity index (χ1v) is 9.74. The second-order valence-electron chi connectivity index (χ2n) is 6.59. The third kappa shape index (κ3) is 3.33. The van der Waals surface area contributed by atoms with Gasteiger partial charge in [0.25, 0.3) is 0 Å². The SMILES string of the molecule is Cc1ccc(-n2c(SC(C)c3nc(C)no3)nnc2N2CCCC2)cc1. The van der Waals surface area contributed by atoms with E-state index < -0.39 is 0 Å².